The van der Waals surface area contributed by atoms with Crippen molar-refractivity contribution in [2.75, 3.05) is 32.8 Å². The number of hydrogen-bond acceptors (Lipinski definition) is 4. The van der Waals surface area contributed by atoms with Crippen molar-refractivity contribution in [1.29, 1.82) is 0 Å². The molecule has 2 aromatic carbocycles. The first-order valence-electron chi connectivity index (χ1n) is 7.99. The number of hydrogen-bond donors (Lipinski definition) is 2. The maximum atomic E-state index is 11.3. The van der Waals surface area contributed by atoms with Crippen LogP contribution in [0.4, 0.5) is 0 Å². The molecule has 1 amide bonds. The molecule has 1 heterocycles. The van der Waals surface area contributed by atoms with Gasteiger partial charge in [-0.15, -0.1) is 0 Å². The van der Waals surface area contributed by atoms with Crippen LogP contribution >= 0.6 is 0 Å². The van der Waals surface area contributed by atoms with Gasteiger partial charge in [-0.25, -0.2) is 0 Å². The molecule has 0 spiro atoms. The Balaban J connectivity index is 1.51. The highest BCUT2D eigenvalue weighted by Crippen LogP contribution is 2.20. The number of ether oxygens (including phenoxy) is 1. The van der Waals surface area contributed by atoms with E-state index in [1.54, 1.807) is 0 Å². The summed E-state index contributed by atoms with van der Waals surface area (Å²) >= 11 is 0. The van der Waals surface area contributed by atoms with Gasteiger partial charge in [-0.05, 0) is 22.9 Å². The number of rotatable bonds is 5. The van der Waals surface area contributed by atoms with Crippen LogP contribution in [-0.4, -0.2) is 54.8 Å². The molecule has 1 aliphatic rings. The SMILES string of the molecule is O=C1CCN(CC(O)COc2ccc3ccccc3c2)CCN1. The number of fused-ring (bicyclic) bond motifs is 1. The zero-order valence-electron chi connectivity index (χ0n) is 13.1. The summed E-state index contributed by atoms with van der Waals surface area (Å²) in [6, 6.07) is 14.0. The van der Waals surface area contributed by atoms with Gasteiger partial charge in [-0.2, -0.15) is 0 Å². The lowest BCUT2D eigenvalue weighted by Crippen LogP contribution is -2.37. The van der Waals surface area contributed by atoms with Crippen LogP contribution in [-0.2, 0) is 4.79 Å². The van der Waals surface area contributed by atoms with E-state index in [0.717, 1.165) is 17.7 Å². The number of carbonyl (C=O) groups excluding carboxylic acids is 1. The van der Waals surface area contributed by atoms with E-state index in [1.807, 2.05) is 36.4 Å². The van der Waals surface area contributed by atoms with E-state index >= 15 is 0 Å². The van der Waals surface area contributed by atoms with Crippen molar-refractivity contribution in [3.05, 3.63) is 42.5 Å². The molecule has 2 aromatic rings. The Kier molecular flexibility index (Phi) is 5.10. The lowest BCUT2D eigenvalue weighted by molar-refractivity contribution is -0.120. The van der Waals surface area contributed by atoms with E-state index in [4.69, 9.17) is 4.74 Å². The number of nitrogens with zero attached hydrogens (tertiary/aromatic N) is 1. The van der Waals surface area contributed by atoms with Crippen molar-refractivity contribution in [3.63, 3.8) is 0 Å². The van der Waals surface area contributed by atoms with E-state index in [9.17, 15) is 9.90 Å². The van der Waals surface area contributed by atoms with Crippen LogP contribution in [0, 0.1) is 0 Å². The summed E-state index contributed by atoms with van der Waals surface area (Å²) in [4.78, 5) is 13.4. The Hall–Kier alpha value is -2.11. The maximum absolute atomic E-state index is 11.3. The molecular weight excluding hydrogens is 292 g/mol. The van der Waals surface area contributed by atoms with Gasteiger partial charge in [0.25, 0.3) is 0 Å². The number of amides is 1. The van der Waals surface area contributed by atoms with Crippen LogP contribution in [0.15, 0.2) is 42.5 Å². The quantitative estimate of drug-likeness (QED) is 0.876. The Morgan fingerprint density at radius 2 is 2.00 bits per heavy atom. The third-order valence-corrected chi connectivity index (χ3v) is 4.04. The second kappa shape index (κ2) is 7.44. The van der Waals surface area contributed by atoms with Crippen LogP contribution in [0.25, 0.3) is 10.8 Å². The number of carbonyl (C=O) groups is 1. The summed E-state index contributed by atoms with van der Waals surface area (Å²) in [6.45, 7) is 2.84. The third kappa shape index (κ3) is 4.43. The first kappa shape index (κ1) is 15.8. The Bertz CT molecular complexity index is 674. The van der Waals surface area contributed by atoms with Crippen LogP contribution < -0.4 is 10.1 Å². The van der Waals surface area contributed by atoms with E-state index in [0.29, 0.717) is 26.1 Å². The fourth-order valence-electron chi connectivity index (χ4n) is 2.80. The van der Waals surface area contributed by atoms with Crippen LogP contribution in [0.1, 0.15) is 6.42 Å². The van der Waals surface area contributed by atoms with E-state index in [1.165, 1.54) is 5.39 Å². The van der Waals surface area contributed by atoms with Gasteiger partial charge in [0, 0.05) is 32.6 Å². The van der Waals surface area contributed by atoms with Crippen LogP contribution in [0.2, 0.25) is 0 Å². The molecule has 1 fully saturated rings. The zero-order chi connectivity index (χ0) is 16.1. The van der Waals surface area contributed by atoms with Gasteiger partial charge in [0.15, 0.2) is 0 Å². The average molecular weight is 314 g/mol. The first-order chi connectivity index (χ1) is 11.2. The molecule has 23 heavy (non-hydrogen) atoms. The van der Waals surface area contributed by atoms with Gasteiger partial charge in [0.1, 0.15) is 18.5 Å². The first-order valence-corrected chi connectivity index (χ1v) is 7.99. The number of aliphatic hydroxyl groups excluding tert-OH is 1. The molecule has 0 saturated carbocycles. The topological polar surface area (TPSA) is 61.8 Å². The molecule has 122 valence electrons. The van der Waals surface area contributed by atoms with Crippen molar-refractivity contribution in [1.82, 2.24) is 10.2 Å². The fourth-order valence-corrected chi connectivity index (χ4v) is 2.80. The highest BCUT2D eigenvalue weighted by Gasteiger charge is 2.16. The molecule has 0 aromatic heterocycles. The second-order valence-electron chi connectivity index (χ2n) is 5.87. The monoisotopic (exact) mass is 314 g/mol. The molecule has 1 aliphatic heterocycles. The second-order valence-corrected chi connectivity index (χ2v) is 5.87. The average Bonchev–Trinajstić information content (AvgIpc) is 2.77. The van der Waals surface area contributed by atoms with Crippen LogP contribution in [0.5, 0.6) is 5.75 Å². The minimum Gasteiger partial charge on any atom is -0.491 e. The molecule has 0 bridgehead atoms. The molecule has 5 heteroatoms. The number of benzene rings is 2. The number of β-amino-alcohol motifs (C(OH)–C–C–N with tert-alkyl or cyclic N) is 1. The number of aliphatic hydroxyl groups is 1. The van der Waals surface area contributed by atoms with E-state index < -0.39 is 6.10 Å². The van der Waals surface area contributed by atoms with Crippen molar-refractivity contribution >= 4 is 16.7 Å². The highest BCUT2D eigenvalue weighted by molar-refractivity contribution is 5.83. The normalized spacial score (nSPS) is 17.5. The van der Waals surface area contributed by atoms with Crippen molar-refractivity contribution < 1.29 is 14.6 Å². The van der Waals surface area contributed by atoms with Crippen LogP contribution in [0.3, 0.4) is 0 Å². The maximum Gasteiger partial charge on any atom is 0.221 e. The summed E-state index contributed by atoms with van der Waals surface area (Å²) in [6.07, 6.45) is -0.0900. The Labute approximate surface area is 135 Å². The standard InChI is InChI=1S/C18H22N2O3/c21-16(12-20-9-7-18(22)19-8-10-20)13-23-17-6-5-14-3-1-2-4-15(14)11-17/h1-6,11,16,21H,7-10,12-13H2,(H,19,22). The predicted molar refractivity (Wildman–Crippen MR) is 89.5 cm³/mol. The van der Waals surface area contributed by atoms with Gasteiger partial charge in [0.2, 0.25) is 5.91 Å². The Morgan fingerprint density at radius 1 is 1.17 bits per heavy atom. The number of nitrogens with one attached hydrogen (secondary N) is 1. The smallest absolute Gasteiger partial charge is 0.221 e. The lowest BCUT2D eigenvalue weighted by atomic mass is 10.1. The predicted octanol–water partition coefficient (Wildman–Crippen LogP) is 1.40. The lowest BCUT2D eigenvalue weighted by Gasteiger charge is -2.22. The highest BCUT2D eigenvalue weighted by atomic mass is 16.5. The molecule has 1 unspecified atom stereocenters. The van der Waals surface area contributed by atoms with Crippen molar-refractivity contribution in [3.8, 4) is 5.75 Å². The minimum absolute atomic E-state index is 0.0782. The van der Waals surface area contributed by atoms with Crippen molar-refractivity contribution in [2.24, 2.45) is 0 Å². The fraction of sp³-hybridized carbons (Fsp3) is 0.389. The van der Waals surface area contributed by atoms with Gasteiger partial charge >= 0.3 is 0 Å². The zero-order valence-corrected chi connectivity index (χ0v) is 13.1. The summed E-state index contributed by atoms with van der Waals surface area (Å²) < 4.78 is 5.71. The van der Waals surface area contributed by atoms with Gasteiger partial charge in [-0.1, -0.05) is 30.3 Å². The largest absolute Gasteiger partial charge is 0.491 e. The molecule has 3 rings (SSSR count). The van der Waals surface area contributed by atoms with Gasteiger partial charge < -0.3 is 15.2 Å². The van der Waals surface area contributed by atoms with Gasteiger partial charge in [-0.3, -0.25) is 9.69 Å². The molecule has 1 atom stereocenters. The summed E-state index contributed by atoms with van der Waals surface area (Å²) in [7, 11) is 0. The molecule has 2 N–H and O–H groups in total. The molecule has 5 nitrogen and oxygen atoms in total. The van der Waals surface area contributed by atoms with E-state index in [-0.39, 0.29) is 12.5 Å². The molecule has 1 saturated heterocycles. The minimum atomic E-state index is -0.574. The van der Waals surface area contributed by atoms with Gasteiger partial charge in [0.05, 0.1) is 0 Å². The Morgan fingerprint density at radius 3 is 2.87 bits per heavy atom. The van der Waals surface area contributed by atoms with E-state index in [2.05, 4.69) is 16.3 Å². The molecule has 0 aliphatic carbocycles. The molecular formula is C18H22N2O3. The molecule has 0 radical (unpaired) electrons. The summed E-state index contributed by atoms with van der Waals surface area (Å²) in [5.74, 6) is 0.838. The third-order valence-electron chi connectivity index (χ3n) is 4.04. The van der Waals surface area contributed by atoms with Crippen molar-refractivity contribution in [2.45, 2.75) is 12.5 Å². The summed E-state index contributed by atoms with van der Waals surface area (Å²) in [5, 5.41) is 15.3. The summed E-state index contributed by atoms with van der Waals surface area (Å²) in [5.41, 5.74) is 0.